The van der Waals surface area contributed by atoms with Crippen molar-refractivity contribution in [1.82, 2.24) is 8.87 Å². The molecule has 47 heavy (non-hydrogen) atoms. The first-order valence-electron chi connectivity index (χ1n) is 16.6. The summed E-state index contributed by atoms with van der Waals surface area (Å²) in [5.74, 6) is -0.610. The third kappa shape index (κ3) is 7.22. The first kappa shape index (κ1) is 33.1. The monoisotopic (exact) mass is 658 g/mol. The van der Waals surface area contributed by atoms with E-state index in [9.17, 15) is 22.7 Å². The number of benzene rings is 3. The zero-order valence-corrected chi connectivity index (χ0v) is 27.8. The Morgan fingerprint density at radius 3 is 2.17 bits per heavy atom. The fraction of sp³-hybridized carbons (Fsp3) is 0.395. The van der Waals surface area contributed by atoms with Gasteiger partial charge in [0.2, 0.25) is 10.0 Å². The van der Waals surface area contributed by atoms with Crippen molar-refractivity contribution in [2.24, 2.45) is 5.92 Å². The Kier molecular flexibility index (Phi) is 9.96. The number of hydrogen-bond acceptors (Lipinski definition) is 5. The highest BCUT2D eigenvalue weighted by atomic mass is 32.2. The Morgan fingerprint density at radius 1 is 0.915 bits per heavy atom. The van der Waals surface area contributed by atoms with E-state index in [1.54, 1.807) is 16.4 Å². The summed E-state index contributed by atoms with van der Waals surface area (Å²) in [6, 6.07) is 26.0. The Hall–Kier alpha value is -3.79. The van der Waals surface area contributed by atoms with Crippen molar-refractivity contribution in [3.8, 4) is 22.4 Å². The molecule has 0 saturated carbocycles. The highest BCUT2D eigenvalue weighted by molar-refractivity contribution is 7.89. The number of carbonyl (C=O) groups is 1. The van der Waals surface area contributed by atoms with Gasteiger partial charge < -0.3 is 14.4 Å². The lowest BCUT2D eigenvalue weighted by Gasteiger charge is -2.32. The van der Waals surface area contributed by atoms with E-state index >= 15 is 0 Å². The van der Waals surface area contributed by atoms with Crippen LogP contribution in [0.1, 0.15) is 63.1 Å². The molecule has 1 aromatic heterocycles. The molecule has 7 nitrogen and oxygen atoms in total. The Bertz CT molecular complexity index is 1780. The predicted octanol–water partition coefficient (Wildman–Crippen LogP) is 7.18. The molecule has 2 saturated heterocycles. The minimum Gasteiger partial charge on any atom is -0.462 e. The first-order chi connectivity index (χ1) is 22.6. The Balaban J connectivity index is 1.46. The molecule has 6 rings (SSSR count). The number of hydrogen-bond donors (Lipinski definition) is 1. The summed E-state index contributed by atoms with van der Waals surface area (Å²) in [5, 5.41) is 10.3. The number of piperidine rings is 1. The number of ether oxygens (including phenoxy) is 1. The van der Waals surface area contributed by atoms with Crippen molar-refractivity contribution in [3.63, 3.8) is 0 Å². The standard InChI is InChI=1S/C38H43FN2O5S/c1-26(2)36-38(47(44,45)40-20-17-28(18-21-40)23-27-9-5-3-6-10-27)35(29-11-7-4-8-12-29)37(30-13-15-31(39)16-14-30)41(36)22-19-33-24-32(42)25-34(43)46-33/h3-16,26,28,32-33,42H,17-25H2,1-2H3/t32-,33?/m1/s1. The first-order valence-corrected chi connectivity index (χ1v) is 18.0. The average Bonchev–Trinajstić information content (AvgIpc) is 3.41. The maximum absolute atomic E-state index is 15.0. The minimum absolute atomic E-state index is 0.0271. The quantitative estimate of drug-likeness (QED) is 0.182. The fourth-order valence-electron chi connectivity index (χ4n) is 7.20. The van der Waals surface area contributed by atoms with Gasteiger partial charge in [-0.2, -0.15) is 4.31 Å². The molecule has 1 N–H and O–H groups in total. The maximum Gasteiger partial charge on any atom is 0.308 e. The van der Waals surface area contributed by atoms with Gasteiger partial charge in [0, 0.05) is 43.7 Å². The van der Waals surface area contributed by atoms with E-state index in [0.717, 1.165) is 24.8 Å². The van der Waals surface area contributed by atoms with E-state index in [0.29, 0.717) is 60.9 Å². The number of nitrogens with zero attached hydrogens (tertiary/aromatic N) is 2. The molecule has 2 aliphatic heterocycles. The van der Waals surface area contributed by atoms with E-state index < -0.39 is 28.2 Å². The van der Waals surface area contributed by atoms with Crippen LogP contribution < -0.4 is 0 Å². The molecule has 0 spiro atoms. The van der Waals surface area contributed by atoms with Crippen LogP contribution in [0.4, 0.5) is 4.39 Å². The molecule has 0 radical (unpaired) electrons. The number of aliphatic hydroxyl groups excluding tert-OH is 1. The second kappa shape index (κ2) is 14.1. The van der Waals surface area contributed by atoms with Crippen LogP contribution in [0, 0.1) is 11.7 Å². The van der Waals surface area contributed by atoms with Gasteiger partial charge in [-0.25, -0.2) is 12.8 Å². The molecule has 3 aromatic carbocycles. The summed E-state index contributed by atoms with van der Waals surface area (Å²) in [6.07, 6.45) is 1.88. The van der Waals surface area contributed by atoms with Gasteiger partial charge in [0.1, 0.15) is 16.8 Å². The third-order valence-corrected chi connectivity index (χ3v) is 11.4. The number of cyclic esters (lactones) is 1. The molecule has 2 fully saturated rings. The van der Waals surface area contributed by atoms with Crippen LogP contribution in [0.3, 0.4) is 0 Å². The number of sulfonamides is 1. The van der Waals surface area contributed by atoms with Gasteiger partial charge in [0.15, 0.2) is 0 Å². The molecular weight excluding hydrogens is 615 g/mol. The summed E-state index contributed by atoms with van der Waals surface area (Å²) in [7, 11) is -3.98. The van der Waals surface area contributed by atoms with Crippen LogP contribution in [0.5, 0.6) is 0 Å². The lowest BCUT2D eigenvalue weighted by Crippen LogP contribution is -2.39. The Morgan fingerprint density at radius 2 is 1.55 bits per heavy atom. The number of aromatic nitrogens is 1. The SMILES string of the molecule is CC(C)c1c(S(=O)(=O)N2CCC(Cc3ccccc3)CC2)c(-c2ccccc2)c(-c2ccc(F)cc2)n1CCC1C[C@@H](O)CC(=O)O1. The van der Waals surface area contributed by atoms with E-state index in [4.69, 9.17) is 4.74 Å². The second-order valence-corrected chi connectivity index (χ2v) is 15.0. The summed E-state index contributed by atoms with van der Waals surface area (Å²) < 4.78 is 53.4. The summed E-state index contributed by atoms with van der Waals surface area (Å²) in [5.41, 5.74) is 4.64. The van der Waals surface area contributed by atoms with Crippen molar-refractivity contribution < 1.29 is 27.4 Å². The number of aliphatic hydroxyl groups is 1. The molecule has 3 heterocycles. The molecule has 4 aromatic rings. The van der Waals surface area contributed by atoms with Crippen LogP contribution in [0.2, 0.25) is 0 Å². The van der Waals surface area contributed by atoms with Crippen LogP contribution in [-0.2, 0) is 32.5 Å². The van der Waals surface area contributed by atoms with Crippen LogP contribution >= 0.6 is 0 Å². The maximum atomic E-state index is 15.0. The van der Waals surface area contributed by atoms with E-state index in [1.807, 2.05) is 66.9 Å². The van der Waals surface area contributed by atoms with E-state index in [-0.39, 0.29) is 23.1 Å². The van der Waals surface area contributed by atoms with Crippen molar-refractivity contribution >= 4 is 16.0 Å². The number of halogens is 1. The molecule has 248 valence electrons. The van der Waals surface area contributed by atoms with Gasteiger partial charge in [-0.3, -0.25) is 4.79 Å². The zero-order valence-electron chi connectivity index (χ0n) is 27.0. The third-order valence-electron chi connectivity index (χ3n) is 9.43. The van der Waals surface area contributed by atoms with Crippen LogP contribution in [-0.4, -0.2) is 53.7 Å². The highest BCUT2D eigenvalue weighted by Gasteiger charge is 2.39. The average molecular weight is 659 g/mol. The van der Waals surface area contributed by atoms with Gasteiger partial charge in [0.05, 0.1) is 18.2 Å². The molecule has 0 bridgehead atoms. The van der Waals surface area contributed by atoms with Crippen molar-refractivity contribution in [3.05, 3.63) is 102 Å². The van der Waals surface area contributed by atoms with Gasteiger partial charge in [0.25, 0.3) is 0 Å². The fourth-order valence-corrected chi connectivity index (χ4v) is 9.24. The molecular formula is C38H43FN2O5S. The van der Waals surface area contributed by atoms with Gasteiger partial charge in [-0.15, -0.1) is 0 Å². The van der Waals surface area contributed by atoms with Gasteiger partial charge >= 0.3 is 5.97 Å². The Labute approximate surface area is 277 Å². The zero-order chi connectivity index (χ0) is 33.1. The van der Waals surface area contributed by atoms with Gasteiger partial charge in [-0.05, 0) is 72.1 Å². The lowest BCUT2D eigenvalue weighted by molar-refractivity contribution is -0.160. The summed E-state index contributed by atoms with van der Waals surface area (Å²) >= 11 is 0. The normalized spacial score (nSPS) is 19.6. The van der Waals surface area contributed by atoms with Crippen molar-refractivity contribution in [2.45, 2.75) is 81.9 Å². The molecule has 0 aliphatic carbocycles. The summed E-state index contributed by atoms with van der Waals surface area (Å²) in [6.45, 7) is 5.19. The summed E-state index contributed by atoms with van der Waals surface area (Å²) in [4.78, 5) is 12.4. The number of rotatable bonds is 10. The van der Waals surface area contributed by atoms with Gasteiger partial charge in [-0.1, -0.05) is 74.5 Å². The highest BCUT2D eigenvalue weighted by Crippen LogP contribution is 2.46. The molecule has 2 atom stereocenters. The molecule has 9 heteroatoms. The molecule has 2 aliphatic rings. The molecule has 0 amide bonds. The van der Waals surface area contributed by atoms with Crippen molar-refractivity contribution in [2.75, 3.05) is 13.1 Å². The van der Waals surface area contributed by atoms with Crippen LogP contribution in [0.25, 0.3) is 22.4 Å². The second-order valence-electron chi connectivity index (χ2n) is 13.1. The number of esters is 1. The smallest absolute Gasteiger partial charge is 0.308 e. The topological polar surface area (TPSA) is 88.8 Å². The van der Waals surface area contributed by atoms with Crippen molar-refractivity contribution in [1.29, 1.82) is 0 Å². The number of carbonyl (C=O) groups excluding carboxylic acids is 1. The predicted molar refractivity (Wildman–Crippen MR) is 181 cm³/mol. The van der Waals surface area contributed by atoms with E-state index in [1.165, 1.54) is 17.7 Å². The lowest BCUT2D eigenvalue weighted by atomic mass is 9.91. The minimum atomic E-state index is -3.98. The largest absolute Gasteiger partial charge is 0.462 e. The molecule has 1 unspecified atom stereocenters. The van der Waals surface area contributed by atoms with E-state index in [2.05, 4.69) is 12.1 Å². The van der Waals surface area contributed by atoms with Crippen LogP contribution in [0.15, 0.2) is 89.8 Å².